The largest absolute Gasteiger partial charge is 0.505 e. The van der Waals surface area contributed by atoms with E-state index in [-0.39, 0.29) is 64.7 Å². The zero-order chi connectivity index (χ0) is 26.8. The highest BCUT2D eigenvalue weighted by molar-refractivity contribution is 6.02. The fourth-order valence-corrected chi connectivity index (χ4v) is 9.24. The molecular formula is C30H42O6. The molecule has 3 fully saturated rings. The lowest BCUT2D eigenvalue weighted by atomic mass is 9.39. The van der Waals surface area contributed by atoms with Crippen LogP contribution in [0.25, 0.3) is 0 Å². The number of ketones is 3. The predicted octanol–water partition coefficient (Wildman–Crippen LogP) is 4.74. The van der Waals surface area contributed by atoms with E-state index in [9.17, 15) is 24.6 Å². The Kier molecular flexibility index (Phi) is 5.32. The first kappa shape index (κ1) is 25.8. The minimum absolute atomic E-state index is 0.0310. The quantitative estimate of drug-likeness (QED) is 0.506. The van der Waals surface area contributed by atoms with Crippen LogP contribution in [0.15, 0.2) is 23.5 Å². The van der Waals surface area contributed by atoms with Crippen molar-refractivity contribution in [1.82, 2.24) is 0 Å². The van der Waals surface area contributed by atoms with Crippen molar-refractivity contribution in [3.63, 3.8) is 0 Å². The first-order valence-corrected chi connectivity index (χ1v) is 13.5. The van der Waals surface area contributed by atoms with Crippen molar-refractivity contribution >= 4 is 17.3 Å². The fourth-order valence-electron chi connectivity index (χ4n) is 9.24. The van der Waals surface area contributed by atoms with E-state index < -0.39 is 27.9 Å². The molecule has 36 heavy (non-hydrogen) atoms. The number of carbonyl (C=O) groups is 3. The molecule has 6 nitrogen and oxygen atoms in total. The third-order valence-corrected chi connectivity index (χ3v) is 11.6. The van der Waals surface area contributed by atoms with Crippen LogP contribution in [0, 0.1) is 45.3 Å². The molecule has 2 N–H and O–H groups in total. The van der Waals surface area contributed by atoms with Gasteiger partial charge in [0.1, 0.15) is 11.6 Å². The first-order chi connectivity index (χ1) is 16.4. The van der Waals surface area contributed by atoms with E-state index in [1.807, 2.05) is 27.7 Å². The lowest BCUT2D eigenvalue weighted by molar-refractivity contribution is -0.167. The second-order valence-electron chi connectivity index (χ2n) is 14.2. The van der Waals surface area contributed by atoms with Gasteiger partial charge in [0.05, 0.1) is 23.2 Å². The Balaban J connectivity index is 1.64. The van der Waals surface area contributed by atoms with Crippen molar-refractivity contribution in [1.29, 1.82) is 0 Å². The lowest BCUT2D eigenvalue weighted by Crippen LogP contribution is -2.62. The number of Topliss-reactive ketones (excluding diaryl/α,β-unsaturated/α-hetero) is 3. The van der Waals surface area contributed by atoms with Crippen LogP contribution >= 0.6 is 0 Å². The summed E-state index contributed by atoms with van der Waals surface area (Å²) < 4.78 is 6.59. The van der Waals surface area contributed by atoms with Crippen LogP contribution in [-0.4, -0.2) is 45.4 Å². The van der Waals surface area contributed by atoms with Gasteiger partial charge < -0.3 is 14.9 Å². The Hall–Kier alpha value is -1.79. The van der Waals surface area contributed by atoms with Crippen LogP contribution < -0.4 is 0 Å². The number of hydrogen-bond donors (Lipinski definition) is 2. The van der Waals surface area contributed by atoms with E-state index in [0.29, 0.717) is 19.3 Å². The molecule has 1 heterocycles. The summed E-state index contributed by atoms with van der Waals surface area (Å²) in [5, 5.41) is 21.4. The summed E-state index contributed by atoms with van der Waals surface area (Å²) in [6.45, 7) is 15.5. The van der Waals surface area contributed by atoms with Crippen LogP contribution in [-0.2, 0) is 19.1 Å². The van der Waals surface area contributed by atoms with E-state index in [2.05, 4.69) is 19.9 Å². The Morgan fingerprint density at radius 2 is 1.69 bits per heavy atom. The van der Waals surface area contributed by atoms with Crippen molar-refractivity contribution in [2.24, 2.45) is 45.3 Å². The topological polar surface area (TPSA) is 101 Å². The zero-order valence-electron chi connectivity index (χ0n) is 23.0. The Bertz CT molecular complexity index is 1110. The highest BCUT2D eigenvalue weighted by atomic mass is 16.5. The van der Waals surface area contributed by atoms with Crippen LogP contribution in [0.3, 0.4) is 0 Å². The molecule has 0 spiro atoms. The van der Waals surface area contributed by atoms with E-state index in [4.69, 9.17) is 4.74 Å². The van der Waals surface area contributed by atoms with E-state index in [1.165, 1.54) is 0 Å². The van der Waals surface area contributed by atoms with Crippen LogP contribution in [0.2, 0.25) is 0 Å². The van der Waals surface area contributed by atoms with Gasteiger partial charge in [0, 0.05) is 36.0 Å². The fraction of sp³-hybridized carbons (Fsp3) is 0.767. The molecule has 4 aliphatic carbocycles. The molecule has 5 rings (SSSR count). The number of aliphatic hydroxyl groups excluding tert-OH is 1. The third kappa shape index (κ3) is 3.00. The van der Waals surface area contributed by atoms with E-state index >= 15 is 0 Å². The lowest BCUT2D eigenvalue weighted by Gasteiger charge is -2.63. The molecule has 198 valence electrons. The average molecular weight is 499 g/mol. The summed E-state index contributed by atoms with van der Waals surface area (Å²) in [6, 6.07) is 0. The molecule has 5 aliphatic rings. The summed E-state index contributed by atoms with van der Waals surface area (Å²) in [4.78, 5) is 40.4. The third-order valence-electron chi connectivity index (χ3n) is 11.6. The maximum Gasteiger partial charge on any atom is 0.206 e. The summed E-state index contributed by atoms with van der Waals surface area (Å²) in [7, 11) is 0. The smallest absolute Gasteiger partial charge is 0.206 e. The molecule has 2 saturated carbocycles. The highest BCUT2D eigenvalue weighted by Gasteiger charge is 2.73. The second-order valence-corrected chi connectivity index (χ2v) is 14.2. The maximum absolute atomic E-state index is 14.3. The van der Waals surface area contributed by atoms with Crippen molar-refractivity contribution in [2.45, 2.75) is 98.9 Å². The molecule has 0 radical (unpaired) electrons. The van der Waals surface area contributed by atoms with Gasteiger partial charge in [0.15, 0.2) is 5.76 Å². The average Bonchev–Trinajstić information content (AvgIpc) is 2.88. The molecule has 0 bridgehead atoms. The molecule has 0 aromatic carbocycles. The van der Waals surface area contributed by atoms with Gasteiger partial charge in [-0.15, -0.1) is 0 Å². The van der Waals surface area contributed by atoms with Crippen LogP contribution in [0.5, 0.6) is 0 Å². The van der Waals surface area contributed by atoms with Gasteiger partial charge in [-0.3, -0.25) is 14.4 Å². The van der Waals surface area contributed by atoms with Crippen molar-refractivity contribution in [3.05, 3.63) is 23.5 Å². The maximum atomic E-state index is 14.3. The number of rotatable bonds is 1. The molecule has 1 saturated heterocycles. The predicted molar refractivity (Wildman–Crippen MR) is 135 cm³/mol. The van der Waals surface area contributed by atoms with Gasteiger partial charge in [-0.05, 0) is 63.4 Å². The molecule has 0 aromatic heterocycles. The summed E-state index contributed by atoms with van der Waals surface area (Å²) in [6.07, 6.45) is 4.84. The number of aliphatic hydroxyl groups is 2. The standard InChI is InChI=1S/C30H42O6/c1-15-18(31)12-23(27(4,5)35)36-20-13-28(6)21-10-9-16-17(11-19(32)25(34)26(16,2)3)30(21,8)22(33)14-29(28,7)24(15)20/h9,11,15,17,20-21,23-24,32,35H,10,12-14H2,1-8H3/t15-,17-,20-,21+,23+,24-,28+,29-,30+/m1/s1. The van der Waals surface area contributed by atoms with Gasteiger partial charge in [-0.25, -0.2) is 0 Å². The normalized spacial score (nSPS) is 48.2. The van der Waals surface area contributed by atoms with Crippen LogP contribution in [0.1, 0.15) is 81.1 Å². The molecule has 9 atom stereocenters. The van der Waals surface area contributed by atoms with Gasteiger partial charge in [-0.2, -0.15) is 0 Å². The molecule has 0 amide bonds. The summed E-state index contributed by atoms with van der Waals surface area (Å²) in [5.41, 5.74) is -2.59. The number of allylic oxidation sites excluding steroid dienone is 4. The van der Waals surface area contributed by atoms with Crippen LogP contribution in [0.4, 0.5) is 0 Å². The number of hydrogen-bond acceptors (Lipinski definition) is 6. The summed E-state index contributed by atoms with van der Waals surface area (Å²) >= 11 is 0. The van der Waals surface area contributed by atoms with Crippen molar-refractivity contribution < 1.29 is 29.3 Å². The van der Waals surface area contributed by atoms with Gasteiger partial charge in [0.25, 0.3) is 0 Å². The van der Waals surface area contributed by atoms with Gasteiger partial charge in [0.2, 0.25) is 5.78 Å². The van der Waals surface area contributed by atoms with Crippen molar-refractivity contribution in [3.8, 4) is 0 Å². The molecule has 1 aliphatic heterocycles. The minimum atomic E-state index is -1.14. The Morgan fingerprint density at radius 1 is 1.06 bits per heavy atom. The van der Waals surface area contributed by atoms with Crippen molar-refractivity contribution in [2.75, 3.05) is 0 Å². The van der Waals surface area contributed by atoms with Gasteiger partial charge in [-0.1, -0.05) is 39.3 Å². The number of fused-ring (bicyclic) bond motifs is 7. The van der Waals surface area contributed by atoms with Gasteiger partial charge >= 0.3 is 0 Å². The highest BCUT2D eigenvalue weighted by Crippen LogP contribution is 2.74. The molecule has 0 aromatic rings. The first-order valence-electron chi connectivity index (χ1n) is 13.5. The Morgan fingerprint density at radius 3 is 2.31 bits per heavy atom. The number of ether oxygens (including phenoxy) is 1. The number of carbonyl (C=O) groups excluding carboxylic acids is 3. The minimum Gasteiger partial charge on any atom is -0.505 e. The summed E-state index contributed by atoms with van der Waals surface area (Å²) in [5.74, 6) is -1.07. The Labute approximate surface area is 214 Å². The SMILES string of the molecule is C[C@@H]1C(=O)C[C@@H](C(C)(C)O)O[C@@H]2C[C@@]3(C)[C@@H]4CC=C5[C@@H](C=C(O)C(=O)C5(C)C)[C@]4(C)C(=O)C[C@]3(C)[C@H]12. The molecule has 0 unspecified atom stereocenters. The van der Waals surface area contributed by atoms with E-state index in [1.54, 1.807) is 19.9 Å². The van der Waals surface area contributed by atoms with E-state index in [0.717, 1.165) is 5.57 Å². The zero-order valence-corrected chi connectivity index (χ0v) is 23.0. The molecule has 6 heteroatoms. The monoisotopic (exact) mass is 498 g/mol. The second kappa shape index (κ2) is 7.41. The molecular weight excluding hydrogens is 456 g/mol.